The number of halogens is 2. The van der Waals surface area contributed by atoms with Gasteiger partial charge in [0.15, 0.2) is 4.88 Å². The Morgan fingerprint density at radius 1 is 1.28 bits per heavy atom. The highest BCUT2D eigenvalue weighted by Crippen LogP contribution is 2.47. The van der Waals surface area contributed by atoms with Gasteiger partial charge in [-0.25, -0.2) is 4.79 Å². The number of ether oxygens (including phenoxy) is 2. The first-order valence-corrected chi connectivity index (χ1v) is 12.0. The Kier molecular flexibility index (Phi) is 6.79. The molecule has 0 amide bonds. The Morgan fingerprint density at radius 3 is 2.81 bits per heavy atom. The molecule has 3 aromatic rings. The van der Waals surface area contributed by atoms with Gasteiger partial charge in [0.2, 0.25) is 0 Å². The van der Waals surface area contributed by atoms with Crippen molar-refractivity contribution in [3.8, 4) is 11.5 Å². The molecule has 1 aromatic heterocycles. The Bertz CT molecular complexity index is 1190. The molecule has 166 valence electrons. The van der Waals surface area contributed by atoms with Crippen LogP contribution in [0.5, 0.6) is 11.5 Å². The van der Waals surface area contributed by atoms with Gasteiger partial charge in [0.25, 0.3) is 0 Å². The molecule has 0 saturated carbocycles. The molecule has 8 heteroatoms. The van der Waals surface area contributed by atoms with Crippen molar-refractivity contribution in [3.63, 3.8) is 0 Å². The molecule has 1 atom stereocenters. The number of hydrogen-bond acceptors (Lipinski definition) is 6. The van der Waals surface area contributed by atoms with Crippen molar-refractivity contribution < 1.29 is 19.4 Å². The molecule has 0 bridgehead atoms. The van der Waals surface area contributed by atoms with Crippen LogP contribution >= 0.6 is 38.9 Å². The number of nitrogens with zero attached hydrogens (tertiary/aromatic N) is 1. The Labute approximate surface area is 204 Å². The summed E-state index contributed by atoms with van der Waals surface area (Å²) in [5.74, 6) is 0.0916. The van der Waals surface area contributed by atoms with Crippen LogP contribution in [0.3, 0.4) is 0 Å². The molecule has 1 aliphatic rings. The Hall–Kier alpha value is -2.48. The van der Waals surface area contributed by atoms with Crippen LogP contribution in [0.25, 0.3) is 0 Å². The van der Waals surface area contributed by atoms with Crippen LogP contribution in [-0.2, 0) is 11.2 Å². The average molecular weight is 535 g/mol. The van der Waals surface area contributed by atoms with Gasteiger partial charge in [-0.1, -0.05) is 41.9 Å². The van der Waals surface area contributed by atoms with E-state index in [1.54, 1.807) is 12.1 Å². The number of methoxy groups -OCH3 is 1. The molecule has 1 aliphatic heterocycles. The molecule has 4 rings (SSSR count). The summed E-state index contributed by atoms with van der Waals surface area (Å²) >= 11 is 11.1. The summed E-state index contributed by atoms with van der Waals surface area (Å²) in [6.45, 7) is 1.88. The zero-order valence-corrected chi connectivity index (χ0v) is 20.6. The molecule has 2 heterocycles. The molecular formula is C24H21BrClNO4S. The third kappa shape index (κ3) is 4.37. The zero-order valence-electron chi connectivity index (χ0n) is 17.5. The van der Waals surface area contributed by atoms with Gasteiger partial charge in [0.1, 0.15) is 22.6 Å². The number of allylic oxidation sites excluding steroid dienone is 1. The summed E-state index contributed by atoms with van der Waals surface area (Å²) in [5.41, 5.74) is 2.74. The van der Waals surface area contributed by atoms with Crippen LogP contribution in [0.15, 0.2) is 59.2 Å². The minimum atomic E-state index is -0.475. The van der Waals surface area contributed by atoms with Crippen molar-refractivity contribution in [3.05, 3.63) is 80.2 Å². The molecule has 5 nitrogen and oxygen atoms in total. The number of rotatable bonds is 5. The number of esters is 1. The maximum atomic E-state index is 12.5. The summed E-state index contributed by atoms with van der Waals surface area (Å²) in [7, 11) is 1.35. The standard InChI is InChI=1S/C24H21BrClNO4S/c1-14(16-8-3-4-9-17(16)26)31-19-13-20(32-23(19)24(29)30-2)27-12-6-5-7-15-10-11-18(28)21(25)22(15)27/h3-4,6,8-14,28H,5,7H2,1-2H3. The molecule has 32 heavy (non-hydrogen) atoms. The smallest absolute Gasteiger partial charge is 0.351 e. The van der Waals surface area contributed by atoms with Crippen molar-refractivity contribution >= 4 is 55.5 Å². The quantitative estimate of drug-likeness (QED) is 0.346. The highest BCUT2D eigenvalue weighted by molar-refractivity contribution is 9.10. The van der Waals surface area contributed by atoms with E-state index in [1.165, 1.54) is 18.4 Å². The number of carbonyl (C=O) groups is 1. The van der Waals surface area contributed by atoms with Crippen molar-refractivity contribution in [2.75, 3.05) is 12.0 Å². The number of aryl methyl sites for hydroxylation is 1. The average Bonchev–Trinajstić information content (AvgIpc) is 3.07. The lowest BCUT2D eigenvalue weighted by atomic mass is 10.1. The number of aromatic hydroxyl groups is 1. The fraction of sp³-hybridized carbons (Fsp3) is 0.208. The van der Waals surface area contributed by atoms with Gasteiger partial charge in [-0.15, -0.1) is 11.3 Å². The van der Waals surface area contributed by atoms with Crippen molar-refractivity contribution in [2.24, 2.45) is 0 Å². The van der Waals surface area contributed by atoms with Gasteiger partial charge in [0, 0.05) is 22.9 Å². The third-order valence-corrected chi connectivity index (χ3v) is 7.42. The Balaban J connectivity index is 1.77. The lowest BCUT2D eigenvalue weighted by molar-refractivity contribution is 0.0600. The zero-order chi connectivity index (χ0) is 22.8. The summed E-state index contributed by atoms with van der Waals surface area (Å²) in [5, 5.41) is 11.6. The molecule has 0 saturated heterocycles. The second-order valence-corrected chi connectivity index (χ2v) is 9.48. The van der Waals surface area contributed by atoms with Gasteiger partial charge < -0.3 is 19.5 Å². The maximum absolute atomic E-state index is 12.5. The monoisotopic (exact) mass is 533 g/mol. The number of phenols is 1. The number of fused-ring (bicyclic) bond motifs is 1. The van der Waals surface area contributed by atoms with E-state index in [0.29, 0.717) is 20.1 Å². The summed E-state index contributed by atoms with van der Waals surface area (Å²) in [6.07, 6.45) is 5.34. The SMILES string of the molecule is COC(=O)c1sc(N2C=CCCc3ccc(O)c(Br)c32)cc1OC(C)c1ccccc1Cl. The number of hydrogen-bond donors (Lipinski definition) is 1. The van der Waals surface area contributed by atoms with E-state index in [1.807, 2.05) is 48.4 Å². The minimum absolute atomic E-state index is 0.151. The van der Waals surface area contributed by atoms with Gasteiger partial charge >= 0.3 is 5.97 Å². The summed E-state index contributed by atoms with van der Waals surface area (Å²) in [4.78, 5) is 14.9. The van der Waals surface area contributed by atoms with E-state index in [0.717, 1.165) is 34.7 Å². The third-order valence-electron chi connectivity index (χ3n) is 5.20. The van der Waals surface area contributed by atoms with E-state index in [-0.39, 0.29) is 11.9 Å². The largest absolute Gasteiger partial charge is 0.507 e. The molecule has 1 unspecified atom stereocenters. The molecular weight excluding hydrogens is 514 g/mol. The molecule has 2 aromatic carbocycles. The number of thiophene rings is 1. The number of carbonyl (C=O) groups excluding carboxylic acids is 1. The normalized spacial score (nSPS) is 13.9. The topological polar surface area (TPSA) is 59.0 Å². The van der Waals surface area contributed by atoms with Gasteiger partial charge in [-0.3, -0.25) is 0 Å². The number of anilines is 2. The van der Waals surface area contributed by atoms with E-state index < -0.39 is 5.97 Å². The fourth-order valence-corrected chi connectivity index (χ4v) is 5.46. The predicted molar refractivity (Wildman–Crippen MR) is 132 cm³/mol. The summed E-state index contributed by atoms with van der Waals surface area (Å²) < 4.78 is 11.8. The van der Waals surface area contributed by atoms with Crippen LogP contribution in [-0.4, -0.2) is 18.2 Å². The van der Waals surface area contributed by atoms with Crippen molar-refractivity contribution in [2.45, 2.75) is 25.9 Å². The second kappa shape index (κ2) is 9.57. The first kappa shape index (κ1) is 22.7. The lowest BCUT2D eigenvalue weighted by Gasteiger charge is -2.22. The fourth-order valence-electron chi connectivity index (χ4n) is 3.60. The molecule has 0 fully saturated rings. The highest BCUT2D eigenvalue weighted by Gasteiger charge is 2.26. The Morgan fingerprint density at radius 2 is 2.06 bits per heavy atom. The van der Waals surface area contributed by atoms with E-state index in [2.05, 4.69) is 22.0 Å². The van der Waals surface area contributed by atoms with Gasteiger partial charge in [-0.05, 0) is 53.4 Å². The lowest BCUT2D eigenvalue weighted by Crippen LogP contribution is -2.09. The van der Waals surface area contributed by atoms with E-state index >= 15 is 0 Å². The second-order valence-electron chi connectivity index (χ2n) is 7.25. The minimum Gasteiger partial charge on any atom is -0.507 e. The van der Waals surface area contributed by atoms with Crippen LogP contribution in [0.2, 0.25) is 5.02 Å². The van der Waals surface area contributed by atoms with E-state index in [4.69, 9.17) is 21.1 Å². The molecule has 0 spiro atoms. The number of phenolic OH excluding ortho intramolecular Hbond substituents is 1. The van der Waals surface area contributed by atoms with Crippen molar-refractivity contribution in [1.82, 2.24) is 0 Å². The van der Waals surface area contributed by atoms with Gasteiger partial charge in [-0.2, -0.15) is 0 Å². The summed E-state index contributed by atoms with van der Waals surface area (Å²) in [6, 6.07) is 12.9. The first-order chi connectivity index (χ1) is 15.4. The van der Waals surface area contributed by atoms with Crippen molar-refractivity contribution in [1.29, 1.82) is 0 Å². The van der Waals surface area contributed by atoms with Crippen LogP contribution < -0.4 is 9.64 Å². The number of benzene rings is 2. The highest BCUT2D eigenvalue weighted by atomic mass is 79.9. The first-order valence-electron chi connectivity index (χ1n) is 10.00. The van der Waals surface area contributed by atoms with Gasteiger partial charge in [0.05, 0.1) is 17.3 Å². The molecule has 0 radical (unpaired) electrons. The molecule has 1 N–H and O–H groups in total. The van der Waals surface area contributed by atoms with E-state index in [9.17, 15) is 9.90 Å². The molecule has 0 aliphatic carbocycles. The maximum Gasteiger partial charge on any atom is 0.351 e. The van der Waals surface area contributed by atoms with Crippen LogP contribution in [0.4, 0.5) is 10.7 Å². The predicted octanol–water partition coefficient (Wildman–Crippen LogP) is 7.39. The van der Waals surface area contributed by atoms with Crippen LogP contribution in [0, 0.1) is 0 Å². The van der Waals surface area contributed by atoms with Crippen LogP contribution in [0.1, 0.15) is 40.2 Å².